The van der Waals surface area contributed by atoms with E-state index in [0.29, 0.717) is 5.95 Å². The zero-order valence-electron chi connectivity index (χ0n) is 7.96. The first-order valence-electron chi connectivity index (χ1n) is 4.37. The molecule has 6 nitrogen and oxygen atoms in total. The van der Waals surface area contributed by atoms with Crippen LogP contribution < -0.4 is 5.73 Å². The molecular weight excluding hydrogens is 180 g/mol. The molecule has 0 aliphatic carbocycles. The Morgan fingerprint density at radius 2 is 2.29 bits per heavy atom. The van der Waals surface area contributed by atoms with E-state index >= 15 is 0 Å². The van der Waals surface area contributed by atoms with E-state index in [1.807, 2.05) is 19.3 Å². The molecule has 0 aliphatic heterocycles. The summed E-state index contributed by atoms with van der Waals surface area (Å²) in [4.78, 5) is 3.84. The van der Waals surface area contributed by atoms with E-state index in [2.05, 4.69) is 15.2 Å². The summed E-state index contributed by atoms with van der Waals surface area (Å²) in [5, 5.41) is 8.24. The van der Waals surface area contributed by atoms with Crippen LogP contribution in [-0.4, -0.2) is 24.5 Å². The van der Waals surface area contributed by atoms with E-state index in [4.69, 9.17) is 5.73 Å². The number of nitrogens with two attached hydrogens (primary N) is 1. The smallest absolute Gasteiger partial charge is 0.239 e. The Balaban J connectivity index is 1.94. The summed E-state index contributed by atoms with van der Waals surface area (Å²) in [6.07, 6.45) is 4.38. The molecule has 0 fully saturated rings. The molecule has 0 saturated heterocycles. The Bertz CT molecular complexity index is 375. The first kappa shape index (κ1) is 8.74. The molecule has 0 amide bonds. The van der Waals surface area contributed by atoms with Crippen LogP contribution in [0.2, 0.25) is 0 Å². The molecule has 2 rings (SSSR count). The molecule has 0 aromatic carbocycles. The predicted octanol–water partition coefficient (Wildman–Crippen LogP) is -0.164. The van der Waals surface area contributed by atoms with Gasteiger partial charge in [0.2, 0.25) is 5.95 Å². The van der Waals surface area contributed by atoms with Crippen LogP contribution in [0.1, 0.15) is 5.69 Å². The minimum atomic E-state index is 0.311. The first-order valence-corrected chi connectivity index (χ1v) is 4.37. The molecular formula is C8H12N6. The number of anilines is 1. The highest BCUT2D eigenvalue weighted by Gasteiger charge is 1.99. The maximum absolute atomic E-state index is 5.39. The molecule has 0 radical (unpaired) electrons. The van der Waals surface area contributed by atoms with Gasteiger partial charge >= 0.3 is 0 Å². The Kier molecular flexibility index (Phi) is 2.18. The van der Waals surface area contributed by atoms with Gasteiger partial charge in [-0.05, 0) is 6.07 Å². The van der Waals surface area contributed by atoms with Crippen molar-refractivity contribution in [2.24, 2.45) is 7.05 Å². The third-order valence-corrected chi connectivity index (χ3v) is 1.92. The SMILES string of the molecule is Cn1ccc(CCn2cnc(N)n2)n1. The van der Waals surface area contributed by atoms with Crippen LogP contribution >= 0.6 is 0 Å². The monoisotopic (exact) mass is 192 g/mol. The highest BCUT2D eigenvalue weighted by atomic mass is 15.4. The van der Waals surface area contributed by atoms with Gasteiger partial charge in [-0.2, -0.15) is 5.10 Å². The number of hydrogen-bond acceptors (Lipinski definition) is 4. The number of rotatable bonds is 3. The van der Waals surface area contributed by atoms with Crippen molar-refractivity contribution in [1.29, 1.82) is 0 Å². The molecule has 0 unspecified atom stereocenters. The van der Waals surface area contributed by atoms with Gasteiger partial charge in [0, 0.05) is 26.2 Å². The molecule has 0 saturated carbocycles. The Morgan fingerprint density at radius 3 is 2.86 bits per heavy atom. The highest BCUT2D eigenvalue weighted by molar-refractivity contribution is 5.09. The standard InChI is InChI=1S/C8H12N6/c1-13-4-2-7(11-13)3-5-14-6-10-8(9)12-14/h2,4,6H,3,5H2,1H3,(H2,9,12). The molecule has 2 heterocycles. The van der Waals surface area contributed by atoms with Gasteiger partial charge in [-0.25, -0.2) is 4.98 Å². The first-order chi connectivity index (χ1) is 6.74. The van der Waals surface area contributed by atoms with E-state index in [0.717, 1.165) is 18.7 Å². The zero-order valence-corrected chi connectivity index (χ0v) is 7.96. The van der Waals surface area contributed by atoms with E-state index < -0.39 is 0 Å². The Morgan fingerprint density at radius 1 is 1.43 bits per heavy atom. The molecule has 0 aliphatic rings. The second-order valence-corrected chi connectivity index (χ2v) is 3.10. The minimum absolute atomic E-state index is 0.311. The normalized spacial score (nSPS) is 10.6. The fraction of sp³-hybridized carbons (Fsp3) is 0.375. The van der Waals surface area contributed by atoms with Crippen LogP contribution in [-0.2, 0) is 20.0 Å². The summed E-state index contributed by atoms with van der Waals surface area (Å²) in [5.41, 5.74) is 6.43. The van der Waals surface area contributed by atoms with Crippen LogP contribution in [0.4, 0.5) is 5.95 Å². The molecule has 0 spiro atoms. The summed E-state index contributed by atoms with van der Waals surface area (Å²) in [5.74, 6) is 0.311. The van der Waals surface area contributed by atoms with Gasteiger partial charge in [0.05, 0.1) is 5.69 Å². The summed E-state index contributed by atoms with van der Waals surface area (Å²) in [7, 11) is 1.90. The minimum Gasteiger partial charge on any atom is -0.367 e. The Labute approximate surface area is 81.4 Å². The fourth-order valence-electron chi connectivity index (χ4n) is 1.24. The number of hydrogen-bond donors (Lipinski definition) is 1. The van der Waals surface area contributed by atoms with Crippen LogP contribution in [0.15, 0.2) is 18.6 Å². The number of aromatic nitrogens is 5. The molecule has 74 valence electrons. The van der Waals surface area contributed by atoms with Gasteiger partial charge in [0.1, 0.15) is 6.33 Å². The van der Waals surface area contributed by atoms with Crippen LogP contribution in [0.5, 0.6) is 0 Å². The summed E-state index contributed by atoms with van der Waals surface area (Å²) in [6.45, 7) is 0.751. The van der Waals surface area contributed by atoms with Gasteiger partial charge in [0.15, 0.2) is 0 Å². The molecule has 14 heavy (non-hydrogen) atoms. The lowest BCUT2D eigenvalue weighted by Gasteiger charge is -1.96. The average molecular weight is 192 g/mol. The zero-order chi connectivity index (χ0) is 9.97. The third-order valence-electron chi connectivity index (χ3n) is 1.92. The van der Waals surface area contributed by atoms with Crippen molar-refractivity contribution in [3.63, 3.8) is 0 Å². The van der Waals surface area contributed by atoms with Crippen molar-refractivity contribution in [2.45, 2.75) is 13.0 Å². The van der Waals surface area contributed by atoms with Crippen LogP contribution in [0.25, 0.3) is 0 Å². The maximum Gasteiger partial charge on any atom is 0.239 e. The van der Waals surface area contributed by atoms with E-state index in [1.165, 1.54) is 0 Å². The number of aryl methyl sites for hydroxylation is 3. The lowest BCUT2D eigenvalue weighted by Crippen LogP contribution is -2.03. The quantitative estimate of drug-likeness (QED) is 0.733. The molecule has 0 atom stereocenters. The molecule has 2 N–H and O–H groups in total. The van der Waals surface area contributed by atoms with Gasteiger partial charge in [-0.3, -0.25) is 9.36 Å². The fourth-order valence-corrected chi connectivity index (χ4v) is 1.24. The number of nitrogen functional groups attached to an aromatic ring is 1. The van der Waals surface area contributed by atoms with Gasteiger partial charge in [-0.15, -0.1) is 5.10 Å². The molecule has 2 aromatic rings. The van der Waals surface area contributed by atoms with Crippen LogP contribution in [0.3, 0.4) is 0 Å². The summed E-state index contributed by atoms with van der Waals surface area (Å²) >= 11 is 0. The predicted molar refractivity (Wildman–Crippen MR) is 51.3 cm³/mol. The Hall–Kier alpha value is -1.85. The lowest BCUT2D eigenvalue weighted by atomic mass is 10.3. The van der Waals surface area contributed by atoms with Crippen molar-refractivity contribution in [3.8, 4) is 0 Å². The molecule has 6 heteroatoms. The summed E-state index contributed by atoms with van der Waals surface area (Å²) < 4.78 is 3.50. The van der Waals surface area contributed by atoms with Crippen molar-refractivity contribution in [3.05, 3.63) is 24.3 Å². The van der Waals surface area contributed by atoms with E-state index in [9.17, 15) is 0 Å². The second-order valence-electron chi connectivity index (χ2n) is 3.10. The number of nitrogens with zero attached hydrogens (tertiary/aromatic N) is 5. The molecule has 2 aromatic heterocycles. The van der Waals surface area contributed by atoms with Crippen LogP contribution in [0, 0.1) is 0 Å². The van der Waals surface area contributed by atoms with Crippen molar-refractivity contribution >= 4 is 5.95 Å². The maximum atomic E-state index is 5.39. The third kappa shape index (κ3) is 1.90. The van der Waals surface area contributed by atoms with Crippen molar-refractivity contribution in [1.82, 2.24) is 24.5 Å². The topological polar surface area (TPSA) is 74.5 Å². The molecule has 0 bridgehead atoms. The van der Waals surface area contributed by atoms with Gasteiger partial charge in [-0.1, -0.05) is 0 Å². The van der Waals surface area contributed by atoms with Gasteiger partial charge in [0.25, 0.3) is 0 Å². The van der Waals surface area contributed by atoms with E-state index in [1.54, 1.807) is 15.7 Å². The lowest BCUT2D eigenvalue weighted by molar-refractivity contribution is 0.601. The van der Waals surface area contributed by atoms with E-state index in [-0.39, 0.29) is 0 Å². The van der Waals surface area contributed by atoms with Crippen molar-refractivity contribution in [2.75, 3.05) is 5.73 Å². The largest absolute Gasteiger partial charge is 0.367 e. The average Bonchev–Trinajstić information content (AvgIpc) is 2.72. The van der Waals surface area contributed by atoms with Crippen molar-refractivity contribution < 1.29 is 0 Å². The van der Waals surface area contributed by atoms with Gasteiger partial charge < -0.3 is 5.73 Å². The highest BCUT2D eigenvalue weighted by Crippen LogP contribution is 1.98. The second kappa shape index (κ2) is 3.49. The summed E-state index contributed by atoms with van der Waals surface area (Å²) in [6, 6.07) is 1.99.